The van der Waals surface area contributed by atoms with Crippen molar-refractivity contribution < 1.29 is 0 Å². The molecule has 3 heteroatoms. The van der Waals surface area contributed by atoms with Gasteiger partial charge in [-0.25, -0.2) is 4.98 Å². The largest absolute Gasteiger partial charge is 0.386 e. The summed E-state index contributed by atoms with van der Waals surface area (Å²) in [5.74, 6) is 1.16. The molecule has 0 atom stereocenters. The van der Waals surface area contributed by atoms with Gasteiger partial charge in [0.15, 0.2) is 0 Å². The molecule has 0 spiro atoms. The van der Waals surface area contributed by atoms with Crippen molar-refractivity contribution in [2.75, 3.05) is 30.4 Å². The standard InChI is InChI=1S/C17H23N3/c1-13-8-7-9-14-16(13)15(18-2)12-19-17(14)20-10-5-3-4-6-11-20/h7-9,12,18H,3-6,10-11H2,1-2H3. The average molecular weight is 269 g/mol. The summed E-state index contributed by atoms with van der Waals surface area (Å²) in [5, 5.41) is 5.86. The van der Waals surface area contributed by atoms with Gasteiger partial charge in [-0.1, -0.05) is 31.0 Å². The van der Waals surface area contributed by atoms with Gasteiger partial charge in [-0.3, -0.25) is 0 Å². The zero-order chi connectivity index (χ0) is 13.9. The van der Waals surface area contributed by atoms with Gasteiger partial charge in [0, 0.05) is 30.9 Å². The van der Waals surface area contributed by atoms with Gasteiger partial charge < -0.3 is 10.2 Å². The van der Waals surface area contributed by atoms with Crippen LogP contribution < -0.4 is 10.2 Å². The minimum Gasteiger partial charge on any atom is -0.386 e. The zero-order valence-corrected chi connectivity index (χ0v) is 12.4. The number of hydrogen-bond acceptors (Lipinski definition) is 3. The number of anilines is 2. The molecule has 1 aliphatic heterocycles. The Labute approximate surface area is 121 Å². The van der Waals surface area contributed by atoms with Crippen LogP contribution in [0.15, 0.2) is 24.4 Å². The van der Waals surface area contributed by atoms with Crippen LogP contribution in [0.2, 0.25) is 0 Å². The second-order valence-electron chi connectivity index (χ2n) is 5.64. The predicted octanol–water partition coefficient (Wildman–Crippen LogP) is 3.97. The molecule has 1 aliphatic rings. The number of nitrogens with one attached hydrogen (secondary N) is 1. The first-order valence-electron chi connectivity index (χ1n) is 7.62. The highest BCUT2D eigenvalue weighted by Crippen LogP contribution is 2.33. The first kappa shape index (κ1) is 13.2. The van der Waals surface area contributed by atoms with Gasteiger partial charge in [0.25, 0.3) is 0 Å². The van der Waals surface area contributed by atoms with Gasteiger partial charge in [-0.2, -0.15) is 0 Å². The number of benzene rings is 1. The third-order valence-corrected chi connectivity index (χ3v) is 4.27. The Balaban J connectivity index is 2.14. The number of aryl methyl sites for hydroxylation is 1. The van der Waals surface area contributed by atoms with Crippen molar-refractivity contribution in [2.45, 2.75) is 32.6 Å². The lowest BCUT2D eigenvalue weighted by Gasteiger charge is -2.24. The molecule has 0 radical (unpaired) electrons. The van der Waals surface area contributed by atoms with E-state index in [9.17, 15) is 0 Å². The molecule has 1 fully saturated rings. The fraction of sp³-hybridized carbons (Fsp3) is 0.471. The molecular weight excluding hydrogens is 246 g/mol. The van der Waals surface area contributed by atoms with Crippen molar-refractivity contribution in [2.24, 2.45) is 0 Å². The Morgan fingerprint density at radius 3 is 2.55 bits per heavy atom. The van der Waals surface area contributed by atoms with Gasteiger partial charge in [0.05, 0.1) is 11.9 Å². The van der Waals surface area contributed by atoms with Crippen LogP contribution in [-0.4, -0.2) is 25.1 Å². The van der Waals surface area contributed by atoms with Crippen molar-refractivity contribution >= 4 is 22.3 Å². The highest BCUT2D eigenvalue weighted by molar-refractivity contribution is 6.02. The minimum absolute atomic E-state index is 1.12. The number of aromatic nitrogens is 1. The molecule has 106 valence electrons. The lowest BCUT2D eigenvalue weighted by atomic mass is 10.0. The topological polar surface area (TPSA) is 28.2 Å². The van der Waals surface area contributed by atoms with Crippen molar-refractivity contribution in [3.8, 4) is 0 Å². The highest BCUT2D eigenvalue weighted by atomic mass is 15.2. The Morgan fingerprint density at radius 2 is 1.85 bits per heavy atom. The summed E-state index contributed by atoms with van der Waals surface area (Å²) in [4.78, 5) is 7.21. The molecule has 1 N–H and O–H groups in total. The van der Waals surface area contributed by atoms with E-state index in [0.717, 1.165) is 24.6 Å². The van der Waals surface area contributed by atoms with Crippen molar-refractivity contribution in [1.29, 1.82) is 0 Å². The van der Waals surface area contributed by atoms with Crippen LogP contribution in [-0.2, 0) is 0 Å². The maximum Gasteiger partial charge on any atom is 0.136 e. The second-order valence-corrected chi connectivity index (χ2v) is 5.64. The molecular formula is C17H23N3. The van der Waals surface area contributed by atoms with Crippen molar-refractivity contribution in [3.05, 3.63) is 30.0 Å². The number of nitrogens with zero attached hydrogens (tertiary/aromatic N) is 2. The fourth-order valence-corrected chi connectivity index (χ4v) is 3.20. The molecule has 3 nitrogen and oxygen atoms in total. The van der Waals surface area contributed by atoms with E-state index >= 15 is 0 Å². The van der Waals surface area contributed by atoms with Crippen LogP contribution in [0.5, 0.6) is 0 Å². The molecule has 20 heavy (non-hydrogen) atoms. The summed E-state index contributed by atoms with van der Waals surface area (Å²) < 4.78 is 0. The maximum atomic E-state index is 4.75. The normalized spacial score (nSPS) is 16.2. The number of fused-ring (bicyclic) bond motifs is 1. The van der Waals surface area contributed by atoms with Gasteiger partial charge >= 0.3 is 0 Å². The van der Waals surface area contributed by atoms with Crippen molar-refractivity contribution in [3.63, 3.8) is 0 Å². The maximum absolute atomic E-state index is 4.75. The second kappa shape index (κ2) is 5.70. The molecule has 2 heterocycles. The molecule has 0 saturated carbocycles. The number of pyridine rings is 1. The van der Waals surface area contributed by atoms with E-state index < -0.39 is 0 Å². The van der Waals surface area contributed by atoms with Gasteiger partial charge in [-0.15, -0.1) is 0 Å². The Hall–Kier alpha value is -1.77. The predicted molar refractivity (Wildman–Crippen MR) is 86.7 cm³/mol. The average Bonchev–Trinajstić information content (AvgIpc) is 2.75. The van der Waals surface area contributed by atoms with E-state index in [1.165, 1.54) is 42.0 Å². The van der Waals surface area contributed by atoms with Crippen LogP contribution >= 0.6 is 0 Å². The Bertz CT molecular complexity index is 598. The van der Waals surface area contributed by atoms with Crippen LogP contribution in [0.25, 0.3) is 10.8 Å². The van der Waals surface area contributed by atoms with Crippen molar-refractivity contribution in [1.82, 2.24) is 4.98 Å². The van der Waals surface area contributed by atoms with Gasteiger partial charge in [0.2, 0.25) is 0 Å². The third kappa shape index (κ3) is 2.33. The molecule has 0 aliphatic carbocycles. The lowest BCUT2D eigenvalue weighted by Crippen LogP contribution is -2.25. The molecule has 0 bridgehead atoms. The molecule has 1 aromatic carbocycles. The minimum atomic E-state index is 1.12. The van der Waals surface area contributed by atoms with E-state index in [4.69, 9.17) is 4.98 Å². The molecule has 1 saturated heterocycles. The number of hydrogen-bond donors (Lipinski definition) is 1. The van der Waals surface area contributed by atoms with E-state index in [1.807, 2.05) is 13.2 Å². The van der Waals surface area contributed by atoms with E-state index in [0.29, 0.717) is 0 Å². The summed E-state index contributed by atoms with van der Waals surface area (Å²) >= 11 is 0. The quantitative estimate of drug-likeness (QED) is 0.894. The molecule has 0 amide bonds. The zero-order valence-electron chi connectivity index (χ0n) is 12.4. The highest BCUT2D eigenvalue weighted by Gasteiger charge is 2.16. The molecule has 3 rings (SSSR count). The first-order chi connectivity index (χ1) is 9.81. The van der Waals surface area contributed by atoms with E-state index in [2.05, 4.69) is 35.3 Å². The first-order valence-corrected chi connectivity index (χ1v) is 7.62. The summed E-state index contributed by atoms with van der Waals surface area (Å²) in [5.41, 5.74) is 2.43. The lowest BCUT2D eigenvalue weighted by molar-refractivity contribution is 0.726. The van der Waals surface area contributed by atoms with Crippen LogP contribution in [0, 0.1) is 6.92 Å². The molecule has 1 aromatic heterocycles. The fourth-order valence-electron chi connectivity index (χ4n) is 3.20. The van der Waals surface area contributed by atoms with Crippen LogP contribution in [0.4, 0.5) is 11.5 Å². The summed E-state index contributed by atoms with van der Waals surface area (Å²) in [7, 11) is 1.97. The molecule has 2 aromatic rings. The van der Waals surface area contributed by atoms with E-state index in [-0.39, 0.29) is 0 Å². The molecule has 0 unspecified atom stereocenters. The third-order valence-electron chi connectivity index (χ3n) is 4.27. The number of rotatable bonds is 2. The summed E-state index contributed by atoms with van der Waals surface area (Å²) in [6.07, 6.45) is 7.24. The Morgan fingerprint density at radius 1 is 1.10 bits per heavy atom. The monoisotopic (exact) mass is 269 g/mol. The van der Waals surface area contributed by atoms with Gasteiger partial charge in [0.1, 0.15) is 5.82 Å². The Kier molecular flexibility index (Phi) is 3.77. The summed E-state index contributed by atoms with van der Waals surface area (Å²) in [6, 6.07) is 6.52. The van der Waals surface area contributed by atoms with Crippen LogP contribution in [0.1, 0.15) is 31.2 Å². The van der Waals surface area contributed by atoms with E-state index in [1.54, 1.807) is 0 Å². The summed E-state index contributed by atoms with van der Waals surface area (Å²) in [6.45, 7) is 4.44. The van der Waals surface area contributed by atoms with Gasteiger partial charge in [-0.05, 0) is 25.3 Å². The smallest absolute Gasteiger partial charge is 0.136 e. The SMILES string of the molecule is CNc1cnc(N2CCCCCC2)c2cccc(C)c12. The van der Waals surface area contributed by atoms with Crippen LogP contribution in [0.3, 0.4) is 0 Å².